The fourth-order valence-electron chi connectivity index (χ4n) is 5.27. The fraction of sp³-hybridized carbons (Fsp3) is 0.364. The summed E-state index contributed by atoms with van der Waals surface area (Å²) in [4.78, 5) is 11.0. The van der Waals surface area contributed by atoms with Crippen molar-refractivity contribution in [2.24, 2.45) is 0 Å². The van der Waals surface area contributed by atoms with Gasteiger partial charge in [-0.2, -0.15) is 0 Å². The van der Waals surface area contributed by atoms with Gasteiger partial charge in [0.25, 0.3) is 0 Å². The number of hydrogen-bond donors (Lipinski definition) is 3. The average Bonchev–Trinajstić information content (AvgIpc) is 3.20. The monoisotopic (exact) mass is 548 g/mol. The van der Waals surface area contributed by atoms with Gasteiger partial charge in [0.05, 0.1) is 18.6 Å². The molecule has 0 saturated carbocycles. The summed E-state index contributed by atoms with van der Waals surface area (Å²) >= 11 is 0. The maximum absolute atomic E-state index is 14.0. The second-order valence-electron chi connectivity index (χ2n) is 11.2. The molecule has 1 aliphatic heterocycles. The van der Waals surface area contributed by atoms with Crippen molar-refractivity contribution in [3.63, 3.8) is 0 Å². The van der Waals surface area contributed by atoms with Crippen molar-refractivity contribution < 1.29 is 34.0 Å². The summed E-state index contributed by atoms with van der Waals surface area (Å²) in [6, 6.07) is 16.0. The highest BCUT2D eigenvalue weighted by atomic mass is 19.1. The van der Waals surface area contributed by atoms with Gasteiger partial charge in [-0.1, -0.05) is 68.5 Å². The number of aliphatic hydroxyl groups excluding tert-OH is 2. The van der Waals surface area contributed by atoms with Crippen LogP contribution in [0.5, 0.6) is 11.5 Å². The maximum atomic E-state index is 14.0. The first-order valence-corrected chi connectivity index (χ1v) is 13.6. The van der Waals surface area contributed by atoms with E-state index in [4.69, 9.17) is 14.6 Å². The molecule has 0 saturated heterocycles. The smallest absolute Gasteiger partial charge is 0.305 e. The zero-order valence-corrected chi connectivity index (χ0v) is 23.4. The molecule has 2 unspecified atom stereocenters. The summed E-state index contributed by atoms with van der Waals surface area (Å²) in [6.07, 6.45) is 1.18. The molecule has 212 valence electrons. The minimum absolute atomic E-state index is 0.0722. The number of rotatable bonds is 11. The molecule has 6 nitrogen and oxygen atoms in total. The summed E-state index contributed by atoms with van der Waals surface area (Å²) in [5.41, 5.74) is 4.80. The molecule has 1 aliphatic rings. The Hall–Kier alpha value is -3.68. The number of fused-ring (bicyclic) bond motifs is 1. The second kappa shape index (κ2) is 12.2. The molecule has 0 radical (unpaired) electrons. The fourth-order valence-corrected chi connectivity index (χ4v) is 5.27. The van der Waals surface area contributed by atoms with E-state index in [1.807, 2.05) is 44.2 Å². The molecule has 0 fully saturated rings. The minimum Gasteiger partial charge on any atom is -0.484 e. The minimum atomic E-state index is -1.18. The van der Waals surface area contributed by atoms with Crippen molar-refractivity contribution in [1.82, 2.24) is 0 Å². The Morgan fingerprint density at radius 3 is 2.40 bits per heavy atom. The number of benzene rings is 3. The summed E-state index contributed by atoms with van der Waals surface area (Å²) in [7, 11) is 0. The number of carbonyl (C=O) groups is 1. The standard InChI is InChI=1S/C33H37FO6/c1-20(2)29-26(15-14-24(35)16-25(36)17-28(37)38)30(22-10-12-23(34)13-11-22)32(31-27(29)18-33(3,4)40-31)39-19-21-8-6-5-7-9-21/h5-15,20,24-25,35-36H,16-19H2,1-4H3,(H,37,38). The van der Waals surface area contributed by atoms with Crippen LogP contribution in [0.1, 0.15) is 68.7 Å². The maximum Gasteiger partial charge on any atom is 0.305 e. The van der Waals surface area contributed by atoms with Crippen LogP contribution in [0.4, 0.5) is 4.39 Å². The van der Waals surface area contributed by atoms with Gasteiger partial charge in [0, 0.05) is 24.0 Å². The number of carboxylic acids is 1. The summed E-state index contributed by atoms with van der Waals surface area (Å²) in [5.74, 6) is -0.217. The van der Waals surface area contributed by atoms with E-state index < -0.39 is 30.2 Å². The van der Waals surface area contributed by atoms with Crippen molar-refractivity contribution in [3.8, 4) is 22.6 Å². The molecule has 3 aromatic rings. The highest BCUT2D eigenvalue weighted by Gasteiger charge is 2.38. The molecule has 40 heavy (non-hydrogen) atoms. The molecule has 1 heterocycles. The predicted octanol–water partition coefficient (Wildman–Crippen LogP) is 6.51. The molecule has 0 spiro atoms. The molecule has 3 N–H and O–H groups in total. The van der Waals surface area contributed by atoms with Crippen LogP contribution in [-0.2, 0) is 17.8 Å². The normalized spacial score (nSPS) is 15.6. The van der Waals surface area contributed by atoms with Gasteiger partial charge in [-0.05, 0) is 54.2 Å². The van der Waals surface area contributed by atoms with Crippen LogP contribution in [0, 0.1) is 5.82 Å². The van der Waals surface area contributed by atoms with Crippen molar-refractivity contribution in [3.05, 3.63) is 88.7 Å². The molecular formula is C33H37FO6. The van der Waals surface area contributed by atoms with Gasteiger partial charge in [-0.3, -0.25) is 4.79 Å². The zero-order chi connectivity index (χ0) is 29.0. The Labute approximate surface area is 234 Å². The van der Waals surface area contributed by atoms with Gasteiger partial charge in [-0.15, -0.1) is 0 Å². The number of ether oxygens (including phenoxy) is 2. The molecule has 7 heteroatoms. The average molecular weight is 549 g/mol. The summed E-state index contributed by atoms with van der Waals surface area (Å²) < 4.78 is 27.0. The topological polar surface area (TPSA) is 96.2 Å². The van der Waals surface area contributed by atoms with E-state index in [1.54, 1.807) is 24.3 Å². The SMILES string of the molecule is CC(C)c1c(C=CC(O)CC(O)CC(=O)O)c(-c2ccc(F)cc2)c(OCc2ccccc2)c2c1CC(C)(C)O2. The van der Waals surface area contributed by atoms with Crippen LogP contribution >= 0.6 is 0 Å². The predicted molar refractivity (Wildman–Crippen MR) is 153 cm³/mol. The third-order valence-electron chi connectivity index (χ3n) is 6.92. The summed E-state index contributed by atoms with van der Waals surface area (Å²) in [6.45, 7) is 8.52. The summed E-state index contributed by atoms with van der Waals surface area (Å²) in [5, 5.41) is 29.7. The molecular weight excluding hydrogens is 511 g/mol. The van der Waals surface area contributed by atoms with Crippen LogP contribution in [0.15, 0.2) is 60.7 Å². The van der Waals surface area contributed by atoms with Crippen LogP contribution in [0.25, 0.3) is 17.2 Å². The lowest BCUT2D eigenvalue weighted by atomic mass is 9.83. The molecule has 4 rings (SSSR count). The van der Waals surface area contributed by atoms with Gasteiger partial charge in [0.15, 0.2) is 11.5 Å². The Morgan fingerprint density at radius 2 is 1.77 bits per heavy atom. The molecule has 3 aromatic carbocycles. The lowest BCUT2D eigenvalue weighted by Crippen LogP contribution is -2.25. The van der Waals surface area contributed by atoms with Crippen molar-refractivity contribution in [2.75, 3.05) is 0 Å². The lowest BCUT2D eigenvalue weighted by molar-refractivity contribution is -0.139. The highest BCUT2D eigenvalue weighted by molar-refractivity contribution is 5.87. The zero-order valence-electron chi connectivity index (χ0n) is 23.4. The van der Waals surface area contributed by atoms with E-state index >= 15 is 0 Å². The Kier molecular flexibility index (Phi) is 8.96. The quantitative estimate of drug-likeness (QED) is 0.253. The number of hydrogen-bond acceptors (Lipinski definition) is 5. The Bertz CT molecular complexity index is 1360. The van der Waals surface area contributed by atoms with Gasteiger partial charge in [0.1, 0.15) is 18.0 Å². The molecule has 0 bridgehead atoms. The first-order valence-electron chi connectivity index (χ1n) is 13.6. The first-order chi connectivity index (χ1) is 18.9. The van der Waals surface area contributed by atoms with Crippen molar-refractivity contribution >= 4 is 12.0 Å². The van der Waals surface area contributed by atoms with Crippen molar-refractivity contribution in [1.29, 1.82) is 0 Å². The first kappa shape index (κ1) is 29.3. The Morgan fingerprint density at radius 1 is 1.10 bits per heavy atom. The number of aliphatic carboxylic acids is 1. The lowest BCUT2D eigenvalue weighted by Gasteiger charge is -2.24. The van der Waals surface area contributed by atoms with Crippen LogP contribution < -0.4 is 9.47 Å². The van der Waals surface area contributed by atoms with Crippen molar-refractivity contribution in [2.45, 2.75) is 77.3 Å². The van der Waals surface area contributed by atoms with Crippen LogP contribution in [0.2, 0.25) is 0 Å². The third kappa shape index (κ3) is 6.90. The number of aliphatic hydroxyl groups is 2. The van der Waals surface area contributed by atoms with E-state index in [0.717, 1.165) is 27.8 Å². The molecule has 2 atom stereocenters. The molecule has 0 aliphatic carbocycles. The van der Waals surface area contributed by atoms with Crippen LogP contribution in [-0.4, -0.2) is 39.1 Å². The van der Waals surface area contributed by atoms with Gasteiger partial charge in [0.2, 0.25) is 0 Å². The van der Waals surface area contributed by atoms with Crippen LogP contribution in [0.3, 0.4) is 0 Å². The van der Waals surface area contributed by atoms with Gasteiger partial charge < -0.3 is 24.8 Å². The van der Waals surface area contributed by atoms with Gasteiger partial charge in [-0.25, -0.2) is 4.39 Å². The molecule has 0 amide bonds. The van der Waals surface area contributed by atoms with E-state index in [-0.39, 0.29) is 18.2 Å². The van der Waals surface area contributed by atoms with E-state index in [1.165, 1.54) is 12.1 Å². The molecule has 0 aromatic heterocycles. The second-order valence-corrected chi connectivity index (χ2v) is 11.2. The largest absolute Gasteiger partial charge is 0.484 e. The Balaban J connectivity index is 1.91. The number of halogens is 1. The highest BCUT2D eigenvalue weighted by Crippen LogP contribution is 2.53. The van der Waals surface area contributed by atoms with E-state index in [0.29, 0.717) is 30.1 Å². The van der Waals surface area contributed by atoms with E-state index in [9.17, 15) is 19.4 Å². The van der Waals surface area contributed by atoms with E-state index in [2.05, 4.69) is 13.8 Å². The number of carboxylic acid groups (broad SMARTS) is 1. The van der Waals surface area contributed by atoms with Gasteiger partial charge >= 0.3 is 5.97 Å². The third-order valence-corrected chi connectivity index (χ3v) is 6.92.